The van der Waals surface area contributed by atoms with Crippen LogP contribution in [-0.4, -0.2) is 27.8 Å². The molecule has 156 valence electrons. The summed E-state index contributed by atoms with van der Waals surface area (Å²) in [6.07, 6.45) is 0. The highest BCUT2D eigenvalue weighted by molar-refractivity contribution is 7.99. The number of nitrogens with one attached hydrogen (secondary N) is 2. The molecule has 7 nitrogen and oxygen atoms in total. The molecular weight excluding hydrogens is 424 g/mol. The molecule has 0 aliphatic rings. The van der Waals surface area contributed by atoms with Gasteiger partial charge in [-0.15, -0.1) is 10.2 Å². The first-order chi connectivity index (χ1) is 14.4. The Balaban J connectivity index is 1.66. The van der Waals surface area contributed by atoms with Gasteiger partial charge >= 0.3 is 0 Å². The summed E-state index contributed by atoms with van der Waals surface area (Å²) in [5.74, 6) is -0.144. The molecule has 0 spiro atoms. The van der Waals surface area contributed by atoms with Crippen molar-refractivity contribution in [2.24, 2.45) is 0 Å². The molecule has 0 aliphatic heterocycles. The SMILES string of the molecule is Cc1ccc(C(NC(=O)CSc2nnc(C)o2)C(=O)NCc2ccc(Cl)cc2)cc1. The molecule has 0 aliphatic carbocycles. The second-order valence-corrected chi connectivity index (χ2v) is 7.99. The van der Waals surface area contributed by atoms with Crippen molar-refractivity contribution in [2.75, 3.05) is 5.75 Å². The summed E-state index contributed by atoms with van der Waals surface area (Å²) in [6.45, 7) is 3.96. The highest BCUT2D eigenvalue weighted by Gasteiger charge is 2.23. The lowest BCUT2D eigenvalue weighted by molar-refractivity contribution is -0.128. The number of amides is 2. The lowest BCUT2D eigenvalue weighted by atomic mass is 10.0. The first-order valence-electron chi connectivity index (χ1n) is 9.21. The molecule has 3 rings (SSSR count). The van der Waals surface area contributed by atoms with Crippen LogP contribution in [-0.2, 0) is 16.1 Å². The molecule has 0 radical (unpaired) electrons. The van der Waals surface area contributed by atoms with Crippen molar-refractivity contribution in [1.82, 2.24) is 20.8 Å². The van der Waals surface area contributed by atoms with Crippen molar-refractivity contribution < 1.29 is 14.0 Å². The fourth-order valence-corrected chi connectivity index (χ4v) is 3.36. The van der Waals surface area contributed by atoms with E-state index in [2.05, 4.69) is 20.8 Å². The Bertz CT molecular complexity index is 1010. The second kappa shape index (κ2) is 10.3. The van der Waals surface area contributed by atoms with E-state index < -0.39 is 6.04 Å². The Morgan fingerprint density at radius 1 is 1.07 bits per heavy atom. The van der Waals surface area contributed by atoms with E-state index in [-0.39, 0.29) is 17.6 Å². The monoisotopic (exact) mass is 444 g/mol. The third kappa shape index (κ3) is 6.33. The van der Waals surface area contributed by atoms with Gasteiger partial charge in [-0.3, -0.25) is 9.59 Å². The second-order valence-electron chi connectivity index (χ2n) is 6.63. The van der Waals surface area contributed by atoms with Crippen LogP contribution in [0.2, 0.25) is 5.02 Å². The zero-order chi connectivity index (χ0) is 21.5. The number of carbonyl (C=O) groups is 2. The molecular formula is C21H21ClN4O3S. The number of hydrogen-bond acceptors (Lipinski definition) is 6. The molecule has 0 saturated heterocycles. The normalized spacial score (nSPS) is 11.7. The van der Waals surface area contributed by atoms with E-state index in [0.29, 0.717) is 28.2 Å². The minimum Gasteiger partial charge on any atom is -0.416 e. The lowest BCUT2D eigenvalue weighted by Gasteiger charge is -2.19. The summed E-state index contributed by atoms with van der Waals surface area (Å²) >= 11 is 7.01. The molecule has 9 heteroatoms. The molecule has 1 atom stereocenters. The number of thioether (sulfide) groups is 1. The van der Waals surface area contributed by atoms with Gasteiger partial charge in [-0.25, -0.2) is 0 Å². The third-order valence-corrected chi connectivity index (χ3v) is 5.26. The van der Waals surface area contributed by atoms with Gasteiger partial charge < -0.3 is 15.1 Å². The fourth-order valence-electron chi connectivity index (χ4n) is 2.62. The number of aromatic nitrogens is 2. The van der Waals surface area contributed by atoms with Gasteiger partial charge in [0.2, 0.25) is 17.7 Å². The van der Waals surface area contributed by atoms with Gasteiger partial charge in [-0.05, 0) is 30.2 Å². The van der Waals surface area contributed by atoms with Crippen molar-refractivity contribution >= 4 is 35.2 Å². The Hall–Kier alpha value is -2.84. The standard InChI is InChI=1S/C21H21ClN4O3S/c1-13-3-7-16(8-4-13)19(20(28)23-11-15-5-9-17(22)10-6-15)24-18(27)12-30-21-26-25-14(2)29-21/h3-10,19H,11-12H2,1-2H3,(H,23,28)(H,24,27). The molecule has 0 saturated carbocycles. The van der Waals surface area contributed by atoms with E-state index in [1.165, 1.54) is 0 Å². The van der Waals surface area contributed by atoms with E-state index in [1.807, 2.05) is 43.3 Å². The number of halogens is 1. The Labute approximate surface area is 183 Å². The summed E-state index contributed by atoms with van der Waals surface area (Å²) in [5.41, 5.74) is 2.66. The molecule has 2 aromatic carbocycles. The van der Waals surface area contributed by atoms with Crippen LogP contribution in [0.4, 0.5) is 0 Å². The molecule has 2 amide bonds. The predicted octanol–water partition coefficient (Wildman–Crippen LogP) is 3.61. The van der Waals surface area contributed by atoms with Crippen LogP contribution >= 0.6 is 23.4 Å². The van der Waals surface area contributed by atoms with Crippen LogP contribution in [0.15, 0.2) is 58.2 Å². The maximum atomic E-state index is 12.9. The number of hydrogen-bond donors (Lipinski definition) is 2. The number of nitrogens with zero attached hydrogens (tertiary/aromatic N) is 2. The number of aryl methyl sites for hydroxylation is 2. The topological polar surface area (TPSA) is 97.1 Å². The first kappa shape index (κ1) is 21.9. The van der Waals surface area contributed by atoms with Crippen LogP contribution < -0.4 is 10.6 Å². The maximum absolute atomic E-state index is 12.9. The van der Waals surface area contributed by atoms with Crippen LogP contribution in [0.5, 0.6) is 0 Å². The molecule has 30 heavy (non-hydrogen) atoms. The van der Waals surface area contributed by atoms with Gasteiger partial charge in [-0.2, -0.15) is 0 Å². The Morgan fingerprint density at radius 2 is 1.77 bits per heavy atom. The van der Waals surface area contributed by atoms with E-state index >= 15 is 0 Å². The van der Waals surface area contributed by atoms with E-state index in [1.54, 1.807) is 19.1 Å². The largest absolute Gasteiger partial charge is 0.416 e. The molecule has 0 bridgehead atoms. The van der Waals surface area contributed by atoms with Crippen molar-refractivity contribution in [1.29, 1.82) is 0 Å². The number of benzene rings is 2. The average Bonchev–Trinajstić information content (AvgIpc) is 3.16. The van der Waals surface area contributed by atoms with Crippen LogP contribution in [0.25, 0.3) is 0 Å². The summed E-state index contributed by atoms with van der Waals surface area (Å²) in [4.78, 5) is 25.4. The summed E-state index contributed by atoms with van der Waals surface area (Å²) in [7, 11) is 0. The van der Waals surface area contributed by atoms with E-state index in [4.69, 9.17) is 16.0 Å². The summed E-state index contributed by atoms with van der Waals surface area (Å²) in [5, 5.41) is 14.2. The smallest absolute Gasteiger partial charge is 0.277 e. The molecule has 1 unspecified atom stereocenters. The van der Waals surface area contributed by atoms with Crippen LogP contribution in [0.3, 0.4) is 0 Å². The quantitative estimate of drug-likeness (QED) is 0.515. The predicted molar refractivity (Wildman–Crippen MR) is 115 cm³/mol. The molecule has 1 aromatic heterocycles. The zero-order valence-corrected chi connectivity index (χ0v) is 18.1. The summed E-state index contributed by atoms with van der Waals surface area (Å²) in [6, 6.07) is 13.8. The van der Waals surface area contributed by atoms with E-state index in [0.717, 1.165) is 22.9 Å². The molecule has 0 fully saturated rings. The lowest BCUT2D eigenvalue weighted by Crippen LogP contribution is -2.40. The van der Waals surface area contributed by atoms with Crippen molar-refractivity contribution in [3.05, 3.63) is 76.1 Å². The van der Waals surface area contributed by atoms with Gasteiger partial charge in [0.15, 0.2) is 0 Å². The third-order valence-electron chi connectivity index (χ3n) is 4.19. The van der Waals surface area contributed by atoms with Crippen LogP contribution in [0, 0.1) is 13.8 Å². The van der Waals surface area contributed by atoms with Gasteiger partial charge in [0.05, 0.1) is 5.75 Å². The maximum Gasteiger partial charge on any atom is 0.277 e. The minimum atomic E-state index is -0.824. The Morgan fingerprint density at radius 3 is 2.40 bits per heavy atom. The number of carbonyl (C=O) groups excluding carboxylic acids is 2. The Kier molecular flexibility index (Phi) is 7.48. The highest BCUT2D eigenvalue weighted by Crippen LogP contribution is 2.18. The summed E-state index contributed by atoms with van der Waals surface area (Å²) < 4.78 is 5.25. The van der Waals surface area contributed by atoms with Gasteiger partial charge in [-0.1, -0.05) is 65.3 Å². The zero-order valence-electron chi connectivity index (χ0n) is 16.5. The van der Waals surface area contributed by atoms with Crippen molar-refractivity contribution in [2.45, 2.75) is 31.7 Å². The van der Waals surface area contributed by atoms with E-state index in [9.17, 15) is 9.59 Å². The van der Waals surface area contributed by atoms with Gasteiger partial charge in [0.1, 0.15) is 6.04 Å². The minimum absolute atomic E-state index is 0.0501. The fraction of sp³-hybridized carbons (Fsp3) is 0.238. The van der Waals surface area contributed by atoms with Gasteiger partial charge in [0, 0.05) is 18.5 Å². The first-order valence-corrected chi connectivity index (χ1v) is 10.6. The molecule has 3 aromatic rings. The highest BCUT2D eigenvalue weighted by atomic mass is 35.5. The molecule has 2 N–H and O–H groups in total. The number of rotatable bonds is 8. The molecule has 1 heterocycles. The van der Waals surface area contributed by atoms with Gasteiger partial charge in [0.25, 0.3) is 5.22 Å². The van der Waals surface area contributed by atoms with Crippen molar-refractivity contribution in [3.63, 3.8) is 0 Å². The average molecular weight is 445 g/mol. The van der Waals surface area contributed by atoms with Crippen LogP contribution in [0.1, 0.15) is 28.6 Å². The van der Waals surface area contributed by atoms with Crippen molar-refractivity contribution in [3.8, 4) is 0 Å².